The number of aromatic amines is 2. The fourth-order valence-corrected chi connectivity index (χ4v) is 3.91. The summed E-state index contributed by atoms with van der Waals surface area (Å²) in [4.78, 5) is 7.96. The maximum atomic E-state index is 4.38. The highest BCUT2D eigenvalue weighted by Gasteiger charge is 2.28. The van der Waals surface area contributed by atoms with Gasteiger partial charge in [-0.1, -0.05) is 48.5 Å². The van der Waals surface area contributed by atoms with Gasteiger partial charge < -0.3 is 10.3 Å². The number of nitrogens with one attached hydrogen (secondary N) is 3. The third-order valence-corrected chi connectivity index (χ3v) is 5.05. The SMILES string of the molecule is c1ccc(C(NC2Cc3[nH]c4ccccc4c3C2)c2ncn[nH]2)cc1. The number of aromatic nitrogens is 4. The molecule has 1 aliphatic rings. The maximum absolute atomic E-state index is 4.38. The van der Waals surface area contributed by atoms with Gasteiger partial charge in [-0.2, -0.15) is 5.10 Å². The van der Waals surface area contributed by atoms with Gasteiger partial charge in [-0.25, -0.2) is 4.98 Å². The van der Waals surface area contributed by atoms with Gasteiger partial charge in [0.2, 0.25) is 0 Å². The summed E-state index contributed by atoms with van der Waals surface area (Å²) in [6.45, 7) is 0. The number of hydrogen-bond donors (Lipinski definition) is 3. The van der Waals surface area contributed by atoms with E-state index in [4.69, 9.17) is 0 Å². The summed E-state index contributed by atoms with van der Waals surface area (Å²) in [5.41, 5.74) is 5.22. The van der Waals surface area contributed by atoms with Crippen LogP contribution in [0.4, 0.5) is 0 Å². The molecule has 2 unspecified atom stereocenters. The Hall–Kier alpha value is -2.92. The van der Waals surface area contributed by atoms with Gasteiger partial charge >= 0.3 is 0 Å². The van der Waals surface area contributed by atoms with Crippen LogP contribution in [0.2, 0.25) is 0 Å². The average molecular weight is 329 g/mol. The van der Waals surface area contributed by atoms with Crippen LogP contribution in [0.5, 0.6) is 0 Å². The lowest BCUT2D eigenvalue weighted by atomic mass is 10.0. The predicted octanol–water partition coefficient (Wildman–Crippen LogP) is 3.13. The number of benzene rings is 2. The minimum absolute atomic E-state index is 0.0176. The van der Waals surface area contributed by atoms with Gasteiger partial charge in [0.1, 0.15) is 12.2 Å². The first-order valence-corrected chi connectivity index (χ1v) is 8.63. The van der Waals surface area contributed by atoms with E-state index in [1.54, 1.807) is 6.33 Å². The Bertz CT molecular complexity index is 988. The first kappa shape index (κ1) is 14.4. The van der Waals surface area contributed by atoms with Crippen molar-refractivity contribution in [2.75, 3.05) is 0 Å². The van der Waals surface area contributed by atoms with Crippen LogP contribution in [0, 0.1) is 0 Å². The maximum Gasteiger partial charge on any atom is 0.145 e. The van der Waals surface area contributed by atoms with Crippen LogP contribution in [0.1, 0.15) is 28.7 Å². The van der Waals surface area contributed by atoms with Crippen molar-refractivity contribution in [3.8, 4) is 0 Å². The summed E-state index contributed by atoms with van der Waals surface area (Å²) in [7, 11) is 0. The molecule has 5 nitrogen and oxygen atoms in total. The van der Waals surface area contributed by atoms with Crippen LogP contribution in [0.3, 0.4) is 0 Å². The Morgan fingerprint density at radius 1 is 1.00 bits per heavy atom. The lowest BCUT2D eigenvalue weighted by Gasteiger charge is -2.21. The molecule has 0 saturated heterocycles. The molecule has 0 fully saturated rings. The zero-order chi connectivity index (χ0) is 16.6. The van der Waals surface area contributed by atoms with E-state index in [1.165, 1.54) is 27.7 Å². The Labute approximate surface area is 145 Å². The van der Waals surface area contributed by atoms with Crippen LogP contribution in [0.15, 0.2) is 60.9 Å². The van der Waals surface area contributed by atoms with E-state index in [9.17, 15) is 0 Å². The Morgan fingerprint density at radius 3 is 2.68 bits per heavy atom. The summed E-state index contributed by atoms with van der Waals surface area (Å²) in [6, 6.07) is 19.4. The Balaban J connectivity index is 1.43. The van der Waals surface area contributed by atoms with Crippen molar-refractivity contribution in [1.82, 2.24) is 25.5 Å². The third kappa shape index (κ3) is 2.53. The second-order valence-corrected chi connectivity index (χ2v) is 6.61. The molecule has 0 spiro atoms. The molecule has 124 valence electrons. The highest BCUT2D eigenvalue weighted by atomic mass is 15.2. The predicted molar refractivity (Wildman–Crippen MR) is 97.3 cm³/mol. The van der Waals surface area contributed by atoms with Gasteiger partial charge in [-0.15, -0.1) is 0 Å². The van der Waals surface area contributed by atoms with Crippen molar-refractivity contribution in [3.63, 3.8) is 0 Å². The van der Waals surface area contributed by atoms with Crippen molar-refractivity contribution in [3.05, 3.63) is 83.6 Å². The van der Waals surface area contributed by atoms with E-state index in [1.807, 2.05) is 6.07 Å². The van der Waals surface area contributed by atoms with E-state index in [-0.39, 0.29) is 6.04 Å². The number of H-pyrrole nitrogens is 2. The van der Waals surface area contributed by atoms with Gasteiger partial charge in [-0.05, 0) is 23.6 Å². The molecule has 5 heteroatoms. The second-order valence-electron chi connectivity index (χ2n) is 6.61. The molecule has 2 atom stereocenters. The van der Waals surface area contributed by atoms with Gasteiger partial charge in [0, 0.05) is 29.1 Å². The normalized spacial score (nSPS) is 17.7. The summed E-state index contributed by atoms with van der Waals surface area (Å²) in [5.74, 6) is 0.853. The molecular weight excluding hydrogens is 310 g/mol. The van der Waals surface area contributed by atoms with E-state index in [0.29, 0.717) is 6.04 Å². The van der Waals surface area contributed by atoms with E-state index >= 15 is 0 Å². The molecule has 2 aromatic carbocycles. The molecule has 0 radical (unpaired) electrons. The summed E-state index contributed by atoms with van der Waals surface area (Å²) in [5, 5.41) is 12.2. The molecule has 2 aromatic heterocycles. The highest BCUT2D eigenvalue weighted by Crippen LogP contribution is 2.31. The first-order chi connectivity index (χ1) is 12.4. The molecule has 0 amide bonds. The van der Waals surface area contributed by atoms with Gasteiger partial charge in [-0.3, -0.25) is 5.10 Å². The summed E-state index contributed by atoms with van der Waals surface area (Å²) < 4.78 is 0. The topological polar surface area (TPSA) is 69.4 Å². The fraction of sp³-hybridized carbons (Fsp3) is 0.200. The molecule has 0 bridgehead atoms. The van der Waals surface area contributed by atoms with E-state index in [0.717, 1.165) is 18.7 Å². The molecular formula is C20H19N5. The molecule has 0 aliphatic heterocycles. The van der Waals surface area contributed by atoms with Crippen molar-refractivity contribution in [2.24, 2.45) is 0 Å². The van der Waals surface area contributed by atoms with Crippen molar-refractivity contribution < 1.29 is 0 Å². The average Bonchev–Trinajstić information content (AvgIpc) is 3.36. The van der Waals surface area contributed by atoms with Crippen LogP contribution < -0.4 is 5.32 Å². The van der Waals surface area contributed by atoms with Crippen LogP contribution in [0.25, 0.3) is 10.9 Å². The quantitative estimate of drug-likeness (QED) is 0.539. The van der Waals surface area contributed by atoms with Crippen molar-refractivity contribution in [2.45, 2.75) is 24.9 Å². The molecule has 2 heterocycles. The number of hydrogen-bond acceptors (Lipinski definition) is 3. The lowest BCUT2D eigenvalue weighted by molar-refractivity contribution is 0.471. The van der Waals surface area contributed by atoms with Crippen LogP contribution >= 0.6 is 0 Å². The Morgan fingerprint density at radius 2 is 1.84 bits per heavy atom. The first-order valence-electron chi connectivity index (χ1n) is 8.63. The van der Waals surface area contributed by atoms with Crippen molar-refractivity contribution >= 4 is 10.9 Å². The number of fused-ring (bicyclic) bond motifs is 3. The molecule has 25 heavy (non-hydrogen) atoms. The highest BCUT2D eigenvalue weighted by molar-refractivity contribution is 5.85. The standard InChI is InChI=1S/C20H19N5/c1-2-6-13(7-3-1)19(20-21-12-22-25-20)23-14-10-16-15-8-4-5-9-17(15)24-18(16)11-14/h1-9,12,14,19,23-24H,10-11H2,(H,21,22,25). The number of rotatable bonds is 4. The van der Waals surface area contributed by atoms with Gasteiger partial charge in [0.05, 0.1) is 6.04 Å². The zero-order valence-corrected chi connectivity index (χ0v) is 13.7. The molecule has 5 rings (SSSR count). The van der Waals surface area contributed by atoms with Crippen LogP contribution in [-0.2, 0) is 12.8 Å². The largest absolute Gasteiger partial charge is 0.358 e. The summed E-state index contributed by atoms with van der Waals surface area (Å²) >= 11 is 0. The molecule has 0 saturated carbocycles. The Kier molecular flexibility index (Phi) is 3.38. The van der Waals surface area contributed by atoms with Crippen molar-refractivity contribution in [1.29, 1.82) is 0 Å². The lowest BCUT2D eigenvalue weighted by Crippen LogP contribution is -2.34. The molecule has 3 N–H and O–H groups in total. The van der Waals surface area contributed by atoms with Gasteiger partial charge in [0.25, 0.3) is 0 Å². The monoisotopic (exact) mass is 329 g/mol. The molecule has 1 aliphatic carbocycles. The zero-order valence-electron chi connectivity index (χ0n) is 13.7. The minimum atomic E-state index is 0.0176. The smallest absolute Gasteiger partial charge is 0.145 e. The van der Waals surface area contributed by atoms with E-state index in [2.05, 4.69) is 74.0 Å². The third-order valence-electron chi connectivity index (χ3n) is 5.05. The second kappa shape index (κ2) is 5.86. The minimum Gasteiger partial charge on any atom is -0.358 e. The summed E-state index contributed by atoms with van der Waals surface area (Å²) in [6.07, 6.45) is 3.59. The van der Waals surface area contributed by atoms with Gasteiger partial charge in [0.15, 0.2) is 0 Å². The van der Waals surface area contributed by atoms with E-state index < -0.39 is 0 Å². The fourth-order valence-electron chi connectivity index (χ4n) is 3.91. The molecule has 4 aromatic rings. The number of para-hydroxylation sites is 1. The number of nitrogens with zero attached hydrogens (tertiary/aromatic N) is 2. The van der Waals surface area contributed by atoms with Crippen LogP contribution in [-0.4, -0.2) is 26.2 Å².